The molecule has 0 saturated carbocycles. The normalized spacial score (nSPS) is 19.8. The van der Waals surface area contributed by atoms with Crippen molar-refractivity contribution >= 4 is 11.6 Å². The minimum absolute atomic E-state index is 0.118. The van der Waals surface area contributed by atoms with E-state index in [9.17, 15) is 0 Å². The molecule has 6 nitrogen and oxygen atoms in total. The summed E-state index contributed by atoms with van der Waals surface area (Å²) in [5.41, 5.74) is 0. The molecule has 0 amide bonds. The van der Waals surface area contributed by atoms with Crippen LogP contribution in [0.1, 0.15) is 0 Å². The van der Waals surface area contributed by atoms with Crippen LogP contribution in [0.3, 0.4) is 0 Å². The molecule has 0 aliphatic carbocycles. The largest absolute Gasteiger partial charge is 0.389 e. The van der Waals surface area contributed by atoms with E-state index in [0.29, 0.717) is 18.1 Å². The highest BCUT2D eigenvalue weighted by Gasteiger charge is 2.34. The van der Waals surface area contributed by atoms with E-state index >= 15 is 0 Å². The van der Waals surface area contributed by atoms with Gasteiger partial charge < -0.3 is 9.94 Å². The third-order valence-electron chi connectivity index (χ3n) is 1.28. The molecular formula is C4H9ClN3O3+. The molecule has 1 saturated heterocycles. The summed E-state index contributed by atoms with van der Waals surface area (Å²) in [5, 5.41) is 22.3. The first-order valence-corrected chi connectivity index (χ1v) is 3.58. The average molecular weight is 183 g/mol. The van der Waals surface area contributed by atoms with Crippen molar-refractivity contribution in [1.29, 1.82) is 0 Å². The van der Waals surface area contributed by atoms with Gasteiger partial charge in [-0.15, -0.1) is 5.01 Å². The van der Waals surface area contributed by atoms with Gasteiger partial charge in [0.25, 0.3) is 10.2 Å². The van der Waals surface area contributed by atoms with Crippen molar-refractivity contribution in [1.82, 2.24) is 5.01 Å². The maximum atomic E-state index is 8.92. The van der Waals surface area contributed by atoms with Gasteiger partial charge in [0.15, 0.2) is 6.07 Å². The minimum Gasteiger partial charge on any atom is -0.389 e. The summed E-state index contributed by atoms with van der Waals surface area (Å²) in [6.07, 6.45) is -0.393. The molecule has 0 unspecified atom stereocenters. The van der Waals surface area contributed by atoms with Gasteiger partial charge in [0, 0.05) is 0 Å². The Hall–Kier alpha value is -0.750. The third kappa shape index (κ3) is 2.09. The molecule has 0 bridgehead atoms. The van der Waals surface area contributed by atoms with Crippen LogP contribution in [-0.4, -0.2) is 45.6 Å². The molecule has 0 spiro atoms. The highest BCUT2D eigenvalue weighted by atomic mass is 35.5. The second-order valence-corrected chi connectivity index (χ2v) is 2.33. The first-order chi connectivity index (χ1) is 5.24. The molecule has 64 valence electrons. The SMILES string of the molecule is OC1CN(/[N+](O)=N/OCCl)C1. The van der Waals surface area contributed by atoms with Gasteiger partial charge in [0.05, 0.1) is 0 Å². The molecule has 0 aromatic rings. The summed E-state index contributed by atoms with van der Waals surface area (Å²) in [6, 6.07) is -0.118. The average Bonchev–Trinajstić information content (AvgIpc) is 1.94. The van der Waals surface area contributed by atoms with Crippen LogP contribution < -0.4 is 0 Å². The number of rotatable bonds is 3. The van der Waals surface area contributed by atoms with Crippen LogP contribution in [0.5, 0.6) is 0 Å². The number of hydrogen-bond donors (Lipinski definition) is 2. The summed E-state index contributed by atoms with van der Waals surface area (Å²) in [6.45, 7) is 0.706. The number of aliphatic hydroxyl groups is 1. The quantitative estimate of drug-likeness (QED) is 0.269. The van der Waals surface area contributed by atoms with E-state index in [1.807, 2.05) is 0 Å². The molecule has 1 heterocycles. The fourth-order valence-corrected chi connectivity index (χ4v) is 0.748. The zero-order valence-electron chi connectivity index (χ0n) is 5.72. The van der Waals surface area contributed by atoms with Crippen molar-refractivity contribution in [2.45, 2.75) is 6.10 Å². The molecule has 11 heavy (non-hydrogen) atoms. The van der Waals surface area contributed by atoms with E-state index in [1.165, 1.54) is 5.01 Å². The van der Waals surface area contributed by atoms with Crippen LogP contribution in [0.15, 0.2) is 5.28 Å². The Labute approximate surface area is 68.1 Å². The van der Waals surface area contributed by atoms with E-state index in [1.54, 1.807) is 0 Å². The van der Waals surface area contributed by atoms with Crippen LogP contribution >= 0.6 is 11.6 Å². The fourth-order valence-electron chi connectivity index (χ4n) is 0.704. The molecule has 0 radical (unpaired) electrons. The van der Waals surface area contributed by atoms with Gasteiger partial charge in [-0.1, -0.05) is 11.6 Å². The molecule has 1 rings (SSSR count). The summed E-state index contributed by atoms with van der Waals surface area (Å²) < 4.78 is 0. The number of hydrogen-bond acceptors (Lipinski definition) is 3. The van der Waals surface area contributed by atoms with Crippen molar-refractivity contribution in [2.24, 2.45) is 5.28 Å². The highest BCUT2D eigenvalue weighted by Crippen LogP contribution is 2.06. The van der Waals surface area contributed by atoms with Crippen LogP contribution in [0, 0.1) is 0 Å². The Morgan fingerprint density at radius 2 is 2.36 bits per heavy atom. The lowest BCUT2D eigenvalue weighted by Crippen LogP contribution is -2.54. The lowest BCUT2D eigenvalue weighted by atomic mass is 10.2. The Balaban J connectivity index is 2.25. The predicted octanol–water partition coefficient (Wildman–Crippen LogP) is -0.440. The molecule has 0 atom stereocenters. The highest BCUT2D eigenvalue weighted by molar-refractivity contribution is 6.17. The number of β-amino-alcohol motifs (C(OH)–C–C–N with tert-alkyl or cyclic N) is 1. The van der Waals surface area contributed by atoms with E-state index in [2.05, 4.69) is 10.1 Å². The number of halogens is 1. The molecule has 0 aromatic carbocycles. The molecule has 1 aliphatic rings. The zero-order valence-corrected chi connectivity index (χ0v) is 6.48. The summed E-state index contributed by atoms with van der Waals surface area (Å²) in [7, 11) is 0. The van der Waals surface area contributed by atoms with E-state index in [-0.39, 0.29) is 6.07 Å². The number of aliphatic hydroxyl groups excluding tert-OH is 1. The Bertz CT molecular complexity index is 159. The van der Waals surface area contributed by atoms with E-state index < -0.39 is 6.10 Å². The molecule has 1 aliphatic heterocycles. The Morgan fingerprint density at radius 1 is 1.73 bits per heavy atom. The van der Waals surface area contributed by atoms with Gasteiger partial charge in [-0.05, 0) is 0 Å². The number of hydrazine groups is 1. The predicted molar refractivity (Wildman–Crippen MR) is 33.9 cm³/mol. The third-order valence-corrected chi connectivity index (χ3v) is 1.37. The van der Waals surface area contributed by atoms with Gasteiger partial charge in [-0.25, -0.2) is 5.21 Å². The number of alkyl halides is 1. The summed E-state index contributed by atoms with van der Waals surface area (Å²) in [5.74, 6) is 0. The van der Waals surface area contributed by atoms with Gasteiger partial charge in [-0.3, -0.25) is 0 Å². The zero-order chi connectivity index (χ0) is 8.27. The van der Waals surface area contributed by atoms with Gasteiger partial charge >= 0.3 is 0 Å². The topological polar surface area (TPSA) is 68.3 Å². The fraction of sp³-hybridized carbons (Fsp3) is 1.00. The van der Waals surface area contributed by atoms with E-state index in [0.717, 1.165) is 0 Å². The second-order valence-electron chi connectivity index (χ2n) is 2.11. The summed E-state index contributed by atoms with van der Waals surface area (Å²) >= 11 is 5.12. The molecule has 1 fully saturated rings. The van der Waals surface area contributed by atoms with Crippen LogP contribution in [0.4, 0.5) is 0 Å². The molecule has 2 N–H and O–H groups in total. The monoisotopic (exact) mass is 182 g/mol. The smallest absolute Gasteiger partial charge is 0.275 e. The van der Waals surface area contributed by atoms with Crippen LogP contribution in [-0.2, 0) is 4.84 Å². The van der Waals surface area contributed by atoms with Crippen molar-refractivity contribution in [2.75, 3.05) is 19.2 Å². The number of nitrogens with zero attached hydrogens (tertiary/aromatic N) is 3. The first kappa shape index (κ1) is 8.35. The van der Waals surface area contributed by atoms with Gasteiger partial charge in [0.2, 0.25) is 0 Å². The molecule has 7 heteroatoms. The maximum absolute atomic E-state index is 8.92. The first-order valence-electron chi connectivity index (χ1n) is 3.05. The second kappa shape index (κ2) is 3.59. The molecule has 0 aromatic heterocycles. The van der Waals surface area contributed by atoms with Crippen LogP contribution in [0.2, 0.25) is 0 Å². The van der Waals surface area contributed by atoms with Crippen molar-refractivity contribution < 1.29 is 20.1 Å². The van der Waals surface area contributed by atoms with Gasteiger partial charge in [0.1, 0.15) is 19.2 Å². The van der Waals surface area contributed by atoms with Crippen molar-refractivity contribution in [3.05, 3.63) is 0 Å². The van der Waals surface area contributed by atoms with Gasteiger partial charge in [-0.2, -0.15) is 0 Å². The Morgan fingerprint density at radius 3 is 2.82 bits per heavy atom. The van der Waals surface area contributed by atoms with E-state index in [4.69, 9.17) is 21.9 Å². The van der Waals surface area contributed by atoms with Crippen LogP contribution in [0.25, 0.3) is 0 Å². The summed E-state index contributed by atoms with van der Waals surface area (Å²) in [4.78, 5) is 4.85. The Kier molecular flexibility index (Phi) is 2.72. The van der Waals surface area contributed by atoms with Crippen molar-refractivity contribution in [3.63, 3.8) is 0 Å². The van der Waals surface area contributed by atoms with Crippen molar-refractivity contribution in [3.8, 4) is 0 Å². The lowest BCUT2D eigenvalue weighted by molar-refractivity contribution is -0.949. The lowest BCUT2D eigenvalue weighted by Gasteiger charge is -2.25. The maximum Gasteiger partial charge on any atom is 0.275 e. The minimum atomic E-state index is -0.393. The standard InChI is InChI=1S/C4H9ClN3O3/c5-3-11-6-8(10)7-1-4(9)2-7/h4,9H,1-3H2,(H,6,10)/q+1. The molecular weight excluding hydrogens is 174 g/mol.